The molecule has 1 aliphatic carbocycles. The number of carbonyl (C=O) groups is 1. The van der Waals surface area contributed by atoms with Crippen LogP contribution in [0.4, 0.5) is 0 Å². The molecule has 0 aromatic heterocycles. The molecule has 1 rings (SSSR count). The van der Waals surface area contributed by atoms with Gasteiger partial charge in [0.15, 0.2) is 0 Å². The smallest absolute Gasteiger partial charge is 0.120 e. The summed E-state index contributed by atoms with van der Waals surface area (Å²) >= 11 is 0. The fourth-order valence-electron chi connectivity index (χ4n) is 1.92. The molecular formula is C10H18O. The molecule has 0 aromatic rings. The Morgan fingerprint density at radius 3 is 2.45 bits per heavy atom. The van der Waals surface area contributed by atoms with Crippen LogP contribution in [0.25, 0.3) is 0 Å². The van der Waals surface area contributed by atoms with Crippen molar-refractivity contribution < 1.29 is 4.79 Å². The molecule has 11 heavy (non-hydrogen) atoms. The minimum absolute atomic E-state index is 0.777. The molecule has 0 N–H and O–H groups in total. The van der Waals surface area contributed by atoms with Gasteiger partial charge >= 0.3 is 0 Å². The molecule has 0 amide bonds. The zero-order chi connectivity index (χ0) is 8.10. The normalized spacial score (nSPS) is 31.7. The average Bonchev–Trinajstić information content (AvgIpc) is 2.04. The van der Waals surface area contributed by atoms with Crippen molar-refractivity contribution in [1.82, 2.24) is 0 Å². The number of hydrogen-bond donors (Lipinski definition) is 0. The van der Waals surface area contributed by atoms with Crippen molar-refractivity contribution in [3.8, 4) is 0 Å². The number of hydrogen-bond acceptors (Lipinski definition) is 1. The minimum atomic E-state index is 0.777. The van der Waals surface area contributed by atoms with Crippen LogP contribution in [-0.4, -0.2) is 6.29 Å². The Balaban J connectivity index is 2.12. The van der Waals surface area contributed by atoms with Crippen molar-refractivity contribution in [1.29, 1.82) is 0 Å². The van der Waals surface area contributed by atoms with Gasteiger partial charge in [-0.15, -0.1) is 0 Å². The molecule has 0 unspecified atom stereocenters. The third-order valence-electron chi connectivity index (χ3n) is 2.83. The first kappa shape index (κ1) is 8.76. The van der Waals surface area contributed by atoms with E-state index < -0.39 is 0 Å². The summed E-state index contributed by atoms with van der Waals surface area (Å²) in [6.07, 6.45) is 8.43. The highest BCUT2D eigenvalue weighted by atomic mass is 16.1. The fourth-order valence-corrected chi connectivity index (χ4v) is 1.92. The molecule has 0 bridgehead atoms. The molecule has 0 radical (unpaired) electrons. The Bertz CT molecular complexity index is 112. The van der Waals surface area contributed by atoms with Gasteiger partial charge in [0.2, 0.25) is 0 Å². The lowest BCUT2D eigenvalue weighted by molar-refractivity contribution is -0.108. The zero-order valence-corrected chi connectivity index (χ0v) is 7.38. The van der Waals surface area contributed by atoms with Gasteiger partial charge in [-0.1, -0.05) is 32.6 Å². The molecule has 1 heteroatoms. The van der Waals surface area contributed by atoms with Crippen LogP contribution in [0.3, 0.4) is 0 Å². The minimum Gasteiger partial charge on any atom is -0.303 e. The zero-order valence-electron chi connectivity index (χ0n) is 7.38. The van der Waals surface area contributed by atoms with Gasteiger partial charge in [0.25, 0.3) is 0 Å². The van der Waals surface area contributed by atoms with E-state index in [0.29, 0.717) is 0 Å². The standard InChI is InChI=1S/C10H18O/c1-9-4-6-10(7-5-9)3-2-8-11/h8-10H,2-7H2,1H3. The third kappa shape index (κ3) is 3.04. The van der Waals surface area contributed by atoms with E-state index in [-0.39, 0.29) is 0 Å². The number of aldehydes is 1. The number of carbonyl (C=O) groups excluding carboxylic acids is 1. The summed E-state index contributed by atoms with van der Waals surface area (Å²) in [5, 5.41) is 0. The van der Waals surface area contributed by atoms with Crippen LogP contribution in [0.1, 0.15) is 45.4 Å². The van der Waals surface area contributed by atoms with Crippen LogP contribution in [-0.2, 0) is 4.79 Å². The first-order chi connectivity index (χ1) is 5.33. The summed E-state index contributed by atoms with van der Waals surface area (Å²) < 4.78 is 0. The van der Waals surface area contributed by atoms with Crippen molar-refractivity contribution in [2.45, 2.75) is 45.4 Å². The summed E-state index contributed by atoms with van der Waals surface area (Å²) in [6, 6.07) is 0. The summed E-state index contributed by atoms with van der Waals surface area (Å²) in [6.45, 7) is 2.33. The maximum atomic E-state index is 10.1. The third-order valence-corrected chi connectivity index (χ3v) is 2.83. The summed E-state index contributed by atoms with van der Waals surface area (Å²) in [5.41, 5.74) is 0. The average molecular weight is 154 g/mol. The highest BCUT2D eigenvalue weighted by Gasteiger charge is 2.17. The van der Waals surface area contributed by atoms with Gasteiger partial charge in [0.05, 0.1) is 0 Å². The maximum absolute atomic E-state index is 10.1. The van der Waals surface area contributed by atoms with Gasteiger partial charge < -0.3 is 4.79 Å². The lowest BCUT2D eigenvalue weighted by atomic mass is 9.81. The maximum Gasteiger partial charge on any atom is 0.120 e. The monoisotopic (exact) mass is 154 g/mol. The second-order valence-corrected chi connectivity index (χ2v) is 3.87. The molecule has 0 aromatic carbocycles. The van der Waals surface area contributed by atoms with Crippen LogP contribution < -0.4 is 0 Å². The highest BCUT2D eigenvalue weighted by molar-refractivity contribution is 5.49. The Labute approximate surface area is 69.2 Å². The van der Waals surface area contributed by atoms with Gasteiger partial charge in [-0.2, -0.15) is 0 Å². The molecule has 0 heterocycles. The van der Waals surface area contributed by atoms with E-state index >= 15 is 0 Å². The Hall–Kier alpha value is -0.330. The Morgan fingerprint density at radius 1 is 1.27 bits per heavy atom. The fraction of sp³-hybridized carbons (Fsp3) is 0.900. The molecule has 0 spiro atoms. The van der Waals surface area contributed by atoms with Crippen molar-refractivity contribution >= 4 is 6.29 Å². The summed E-state index contributed by atoms with van der Waals surface area (Å²) in [5.74, 6) is 1.79. The van der Waals surface area contributed by atoms with Crippen LogP contribution >= 0.6 is 0 Å². The second-order valence-electron chi connectivity index (χ2n) is 3.87. The lowest BCUT2D eigenvalue weighted by Crippen LogP contribution is -2.12. The van der Waals surface area contributed by atoms with Crippen molar-refractivity contribution in [2.24, 2.45) is 11.8 Å². The summed E-state index contributed by atoms with van der Waals surface area (Å²) in [4.78, 5) is 10.1. The van der Waals surface area contributed by atoms with E-state index in [4.69, 9.17) is 0 Å². The van der Waals surface area contributed by atoms with E-state index in [1.165, 1.54) is 25.7 Å². The largest absolute Gasteiger partial charge is 0.303 e. The molecule has 0 atom stereocenters. The SMILES string of the molecule is CC1CCC(CCC=O)CC1. The second kappa shape index (κ2) is 4.53. The number of rotatable bonds is 3. The van der Waals surface area contributed by atoms with Gasteiger partial charge in [-0.25, -0.2) is 0 Å². The Kier molecular flexibility index (Phi) is 3.61. The predicted octanol–water partition coefficient (Wildman–Crippen LogP) is 2.79. The molecular weight excluding hydrogens is 136 g/mol. The molecule has 0 saturated heterocycles. The van der Waals surface area contributed by atoms with Crippen LogP contribution in [0.2, 0.25) is 0 Å². The van der Waals surface area contributed by atoms with Gasteiger partial charge in [-0.05, 0) is 18.3 Å². The van der Waals surface area contributed by atoms with Gasteiger partial charge in [0, 0.05) is 6.42 Å². The van der Waals surface area contributed by atoms with E-state index in [0.717, 1.165) is 31.0 Å². The van der Waals surface area contributed by atoms with Crippen LogP contribution in [0.5, 0.6) is 0 Å². The first-order valence-corrected chi connectivity index (χ1v) is 4.76. The van der Waals surface area contributed by atoms with Gasteiger partial charge in [-0.3, -0.25) is 0 Å². The quantitative estimate of drug-likeness (QED) is 0.571. The van der Waals surface area contributed by atoms with Crippen LogP contribution in [0, 0.1) is 11.8 Å². The van der Waals surface area contributed by atoms with E-state index in [1.807, 2.05) is 0 Å². The van der Waals surface area contributed by atoms with Crippen molar-refractivity contribution in [2.75, 3.05) is 0 Å². The van der Waals surface area contributed by atoms with Crippen molar-refractivity contribution in [3.63, 3.8) is 0 Å². The lowest BCUT2D eigenvalue weighted by Gasteiger charge is -2.25. The molecule has 1 saturated carbocycles. The molecule has 0 aliphatic heterocycles. The molecule has 1 fully saturated rings. The first-order valence-electron chi connectivity index (χ1n) is 4.76. The van der Waals surface area contributed by atoms with Crippen LogP contribution in [0.15, 0.2) is 0 Å². The van der Waals surface area contributed by atoms with E-state index in [1.54, 1.807) is 0 Å². The molecule has 64 valence electrons. The highest BCUT2D eigenvalue weighted by Crippen LogP contribution is 2.30. The predicted molar refractivity (Wildman–Crippen MR) is 46.4 cm³/mol. The van der Waals surface area contributed by atoms with Crippen molar-refractivity contribution in [3.05, 3.63) is 0 Å². The summed E-state index contributed by atoms with van der Waals surface area (Å²) in [7, 11) is 0. The Morgan fingerprint density at radius 2 is 1.91 bits per heavy atom. The molecule has 1 nitrogen and oxygen atoms in total. The molecule has 1 aliphatic rings. The van der Waals surface area contributed by atoms with Gasteiger partial charge in [0.1, 0.15) is 6.29 Å². The van der Waals surface area contributed by atoms with E-state index in [9.17, 15) is 4.79 Å². The van der Waals surface area contributed by atoms with E-state index in [2.05, 4.69) is 6.92 Å². The topological polar surface area (TPSA) is 17.1 Å².